The summed E-state index contributed by atoms with van der Waals surface area (Å²) < 4.78 is 5.38. The van der Waals surface area contributed by atoms with Gasteiger partial charge >= 0.3 is 0 Å². The standard InChI is InChI=1S/C22H19N4O2P/c1-2-28-29(27)22-13-20-11-18-6-5-16(24-18)9-14-3-4-15(23-14)10-17-7-8-19(25-17)12-21(22)26-20/h3-13,21,23,26H,2H2,1H3. The highest BCUT2D eigenvalue weighted by Crippen LogP contribution is 2.26. The fourth-order valence-electron chi connectivity index (χ4n) is 3.48. The van der Waals surface area contributed by atoms with Crippen LogP contribution in [0.5, 0.6) is 0 Å². The molecule has 8 bridgehead atoms. The zero-order valence-corrected chi connectivity index (χ0v) is 16.7. The molecule has 0 radical (unpaired) electrons. The number of nitrogens with zero attached hydrogens (tertiary/aromatic N) is 2. The summed E-state index contributed by atoms with van der Waals surface area (Å²) in [6.07, 6.45) is 17.7. The second kappa shape index (κ2) is 7.41. The number of hydrogen-bond donors (Lipinski definition) is 2. The van der Waals surface area contributed by atoms with Gasteiger partial charge in [0.05, 0.1) is 29.4 Å². The average molecular weight is 402 g/mol. The quantitative estimate of drug-likeness (QED) is 0.727. The zero-order valence-electron chi connectivity index (χ0n) is 15.8. The lowest BCUT2D eigenvalue weighted by molar-refractivity contribution is -0.171. The van der Waals surface area contributed by atoms with Crippen molar-refractivity contribution in [1.29, 1.82) is 0 Å². The molecule has 4 aliphatic heterocycles. The van der Waals surface area contributed by atoms with Crippen LogP contribution in [0.15, 0.2) is 81.7 Å². The van der Waals surface area contributed by atoms with Crippen LogP contribution in [0.2, 0.25) is 0 Å². The number of H-pyrrole nitrogens is 1. The molecular weight excluding hydrogens is 383 g/mol. The molecule has 0 amide bonds. The molecule has 0 fully saturated rings. The fraction of sp³-hybridized carbons (Fsp3) is 0.136. The maximum absolute atomic E-state index is 12.6. The van der Waals surface area contributed by atoms with E-state index in [1.165, 1.54) is 0 Å². The maximum atomic E-state index is 12.6. The molecular formula is C22H19N4O2P. The molecule has 5 rings (SSSR count). The van der Waals surface area contributed by atoms with Crippen molar-refractivity contribution in [3.63, 3.8) is 0 Å². The Morgan fingerprint density at radius 3 is 2.38 bits per heavy atom. The van der Waals surface area contributed by atoms with E-state index < -0.39 is 8.00 Å². The summed E-state index contributed by atoms with van der Waals surface area (Å²) >= 11 is 0. The van der Waals surface area contributed by atoms with Crippen molar-refractivity contribution < 1.29 is 9.42 Å². The van der Waals surface area contributed by atoms with Crippen LogP contribution < -0.4 is 20.9 Å². The highest BCUT2D eigenvalue weighted by atomic mass is 31.1. The molecule has 0 aromatic carbocycles. The summed E-state index contributed by atoms with van der Waals surface area (Å²) in [5.74, 6) is 0. The Morgan fingerprint density at radius 1 is 0.966 bits per heavy atom. The Morgan fingerprint density at radius 2 is 1.66 bits per heavy atom. The Balaban J connectivity index is 1.66. The molecule has 0 saturated carbocycles. The molecule has 144 valence electrons. The van der Waals surface area contributed by atoms with Crippen molar-refractivity contribution in [2.45, 2.75) is 13.0 Å². The molecule has 0 aliphatic carbocycles. The zero-order chi connectivity index (χ0) is 19.8. The molecule has 1 aromatic heterocycles. The molecule has 7 heteroatoms. The molecule has 0 saturated heterocycles. The third-order valence-corrected chi connectivity index (χ3v) is 6.07. The predicted octanol–water partition coefficient (Wildman–Crippen LogP) is 1.12. The van der Waals surface area contributed by atoms with Crippen LogP contribution in [0.1, 0.15) is 6.92 Å². The van der Waals surface area contributed by atoms with Gasteiger partial charge in [0.15, 0.2) is 5.29 Å². The molecule has 2 atom stereocenters. The summed E-state index contributed by atoms with van der Waals surface area (Å²) in [5.41, 5.74) is 4.23. The Bertz CT molecular complexity index is 1250. The van der Waals surface area contributed by atoms with E-state index in [0.717, 1.165) is 39.2 Å². The van der Waals surface area contributed by atoms with E-state index in [-0.39, 0.29) is 6.04 Å². The van der Waals surface area contributed by atoms with Crippen LogP contribution in [0, 0.1) is 0 Å². The normalized spacial score (nSPS) is 23.4. The fourth-order valence-corrected chi connectivity index (χ4v) is 4.48. The first kappa shape index (κ1) is 18.0. The minimum Gasteiger partial charge on any atom is -0.603 e. The Kier molecular flexibility index (Phi) is 4.60. The van der Waals surface area contributed by atoms with Gasteiger partial charge in [-0.25, -0.2) is 9.98 Å². The Hall–Kier alpha value is -3.05. The van der Waals surface area contributed by atoms with E-state index >= 15 is 0 Å². The van der Waals surface area contributed by atoms with Gasteiger partial charge in [0.2, 0.25) is 8.00 Å². The number of aromatic amines is 1. The monoisotopic (exact) mass is 402 g/mol. The van der Waals surface area contributed by atoms with Crippen LogP contribution in [0.4, 0.5) is 0 Å². The average Bonchev–Trinajstić information content (AvgIpc) is 3.46. The van der Waals surface area contributed by atoms with E-state index in [4.69, 9.17) is 4.52 Å². The van der Waals surface area contributed by atoms with Crippen molar-refractivity contribution >= 4 is 36.9 Å². The number of aliphatic imine (C=N–C) groups is 2. The smallest absolute Gasteiger partial charge is 0.227 e. The maximum Gasteiger partial charge on any atom is 0.227 e. The molecule has 29 heavy (non-hydrogen) atoms. The number of hydrogen-bond acceptors (Lipinski definition) is 5. The van der Waals surface area contributed by atoms with Crippen molar-refractivity contribution in [3.05, 3.63) is 82.5 Å². The van der Waals surface area contributed by atoms with E-state index in [1.807, 2.05) is 73.7 Å². The topological polar surface area (TPSA) is 84.8 Å². The van der Waals surface area contributed by atoms with Gasteiger partial charge in [-0.15, -0.1) is 0 Å². The van der Waals surface area contributed by atoms with E-state index in [2.05, 4.69) is 20.3 Å². The lowest BCUT2D eigenvalue weighted by atomic mass is 10.2. The second-order valence-electron chi connectivity index (χ2n) is 6.88. The van der Waals surface area contributed by atoms with Gasteiger partial charge in [-0.2, -0.15) is 4.52 Å². The summed E-state index contributed by atoms with van der Waals surface area (Å²) in [4.78, 5) is 25.3. The lowest BCUT2D eigenvalue weighted by Crippen LogP contribution is -2.27. The minimum absolute atomic E-state index is 0.245. The van der Waals surface area contributed by atoms with E-state index in [0.29, 0.717) is 11.9 Å². The lowest BCUT2D eigenvalue weighted by Gasteiger charge is -2.09. The van der Waals surface area contributed by atoms with E-state index in [9.17, 15) is 4.89 Å². The number of fused-ring (bicyclic) bond motifs is 6. The van der Waals surface area contributed by atoms with Crippen LogP contribution in [-0.2, 0) is 4.52 Å². The number of nitrogens with one attached hydrogen (secondary N) is 2. The van der Waals surface area contributed by atoms with Gasteiger partial charge in [-0.1, -0.05) is 0 Å². The Labute approximate surface area is 169 Å². The SMILES string of the molecule is CCO/[P+]([O-])=C1/C=C2C=C3C=CC(=N3)C=c3ccc([nH]3)=CC3=NC(=CC1N2)C=C3. The third-order valence-electron chi connectivity index (χ3n) is 4.75. The van der Waals surface area contributed by atoms with Crippen LogP contribution in [0.25, 0.3) is 12.2 Å². The highest BCUT2D eigenvalue weighted by molar-refractivity contribution is 7.47. The van der Waals surface area contributed by atoms with Crippen molar-refractivity contribution in [3.8, 4) is 0 Å². The molecule has 6 nitrogen and oxygen atoms in total. The van der Waals surface area contributed by atoms with Crippen molar-refractivity contribution in [2.24, 2.45) is 9.98 Å². The van der Waals surface area contributed by atoms with Gasteiger partial charge in [-0.05, 0) is 67.7 Å². The molecule has 5 heterocycles. The van der Waals surface area contributed by atoms with E-state index in [1.54, 1.807) is 0 Å². The molecule has 1 aromatic rings. The molecule has 2 N–H and O–H groups in total. The first-order chi connectivity index (χ1) is 14.2. The summed E-state index contributed by atoms with van der Waals surface area (Å²) in [6, 6.07) is 3.80. The summed E-state index contributed by atoms with van der Waals surface area (Å²) in [5, 5.41) is 6.06. The second-order valence-corrected chi connectivity index (χ2v) is 8.17. The summed E-state index contributed by atoms with van der Waals surface area (Å²) in [6.45, 7) is 2.24. The summed E-state index contributed by atoms with van der Waals surface area (Å²) in [7, 11) is -1.92. The van der Waals surface area contributed by atoms with Crippen LogP contribution in [0.3, 0.4) is 0 Å². The third kappa shape index (κ3) is 3.78. The van der Waals surface area contributed by atoms with Crippen molar-refractivity contribution in [2.75, 3.05) is 6.61 Å². The van der Waals surface area contributed by atoms with Crippen LogP contribution >= 0.6 is 8.00 Å². The highest BCUT2D eigenvalue weighted by Gasteiger charge is 2.28. The largest absolute Gasteiger partial charge is 0.603 e. The van der Waals surface area contributed by atoms with Gasteiger partial charge in [0.1, 0.15) is 6.04 Å². The number of allylic oxidation sites excluding steroid dienone is 5. The van der Waals surface area contributed by atoms with Gasteiger partial charge in [0.25, 0.3) is 0 Å². The van der Waals surface area contributed by atoms with Gasteiger partial charge in [-0.3, -0.25) is 0 Å². The van der Waals surface area contributed by atoms with Crippen LogP contribution in [-0.4, -0.2) is 34.3 Å². The number of aromatic nitrogens is 1. The first-order valence-corrected chi connectivity index (χ1v) is 10.6. The minimum atomic E-state index is -1.92. The van der Waals surface area contributed by atoms with Crippen molar-refractivity contribution in [1.82, 2.24) is 10.3 Å². The van der Waals surface area contributed by atoms with Gasteiger partial charge < -0.3 is 15.2 Å². The predicted molar refractivity (Wildman–Crippen MR) is 117 cm³/mol. The molecule has 2 unspecified atom stereocenters. The molecule has 4 aliphatic rings. The van der Waals surface area contributed by atoms with Gasteiger partial charge in [0, 0.05) is 22.5 Å². The molecule has 0 spiro atoms. The number of rotatable bonds is 2. The first-order valence-electron chi connectivity index (χ1n) is 9.47.